The van der Waals surface area contributed by atoms with Crippen LogP contribution in [0.15, 0.2) is 36.5 Å². The van der Waals surface area contributed by atoms with E-state index in [2.05, 4.69) is 4.98 Å². The zero-order valence-corrected chi connectivity index (χ0v) is 12.6. The van der Waals surface area contributed by atoms with Crippen LogP contribution in [0.4, 0.5) is 0 Å². The molecule has 0 radical (unpaired) electrons. The van der Waals surface area contributed by atoms with Crippen molar-refractivity contribution in [3.63, 3.8) is 0 Å². The maximum absolute atomic E-state index is 11.7. The molecule has 2 aromatic rings. The van der Waals surface area contributed by atoms with E-state index < -0.39 is 5.91 Å². The number of methoxy groups -OCH3 is 1. The Morgan fingerprint density at radius 2 is 2.10 bits per heavy atom. The fraction of sp³-hybridized carbons (Fsp3) is 0.294. The van der Waals surface area contributed by atoms with Gasteiger partial charge in [-0.2, -0.15) is 0 Å². The molecule has 0 bridgehead atoms. The summed E-state index contributed by atoms with van der Waals surface area (Å²) in [6.07, 6.45) is 1.81. The number of hydrogen-bond donors (Lipinski definition) is 1. The van der Waals surface area contributed by atoms with Crippen molar-refractivity contribution in [3.05, 3.63) is 53.2 Å². The molecule has 4 heteroatoms. The van der Waals surface area contributed by atoms with Gasteiger partial charge in [-0.3, -0.25) is 9.78 Å². The van der Waals surface area contributed by atoms with Crippen LogP contribution in [-0.2, 0) is 4.74 Å². The highest BCUT2D eigenvalue weighted by atomic mass is 16.5. The Balaban J connectivity index is 2.45. The quantitative estimate of drug-likeness (QED) is 0.918. The summed E-state index contributed by atoms with van der Waals surface area (Å²) >= 11 is 0. The molecule has 21 heavy (non-hydrogen) atoms. The van der Waals surface area contributed by atoms with E-state index in [1.807, 2.05) is 44.2 Å². The zero-order valence-electron chi connectivity index (χ0n) is 12.6. The molecule has 0 aliphatic rings. The van der Waals surface area contributed by atoms with Crippen LogP contribution in [-0.4, -0.2) is 24.6 Å². The second-order valence-corrected chi connectivity index (χ2v) is 5.24. The second-order valence-electron chi connectivity index (χ2n) is 5.24. The fourth-order valence-corrected chi connectivity index (χ4v) is 2.34. The number of carbonyl (C=O) groups excluding carboxylic acids is 1. The van der Waals surface area contributed by atoms with Gasteiger partial charge in [-0.05, 0) is 30.2 Å². The number of ether oxygens (including phenoxy) is 1. The smallest absolute Gasteiger partial charge is 0.249 e. The van der Waals surface area contributed by atoms with Crippen LogP contribution in [0, 0.1) is 6.92 Å². The highest BCUT2D eigenvalue weighted by Gasteiger charge is 2.15. The second kappa shape index (κ2) is 6.50. The number of amides is 1. The summed E-state index contributed by atoms with van der Waals surface area (Å²) in [5.41, 5.74) is 9.76. The predicted molar refractivity (Wildman–Crippen MR) is 83.2 cm³/mol. The van der Waals surface area contributed by atoms with Gasteiger partial charge in [0.15, 0.2) is 0 Å². The molecule has 1 amide bonds. The first-order valence-corrected chi connectivity index (χ1v) is 6.88. The van der Waals surface area contributed by atoms with Crippen molar-refractivity contribution in [2.75, 3.05) is 13.7 Å². The first-order valence-electron chi connectivity index (χ1n) is 6.88. The van der Waals surface area contributed by atoms with Gasteiger partial charge in [-0.15, -0.1) is 0 Å². The molecule has 1 heterocycles. The van der Waals surface area contributed by atoms with Gasteiger partial charge in [0.25, 0.3) is 0 Å². The van der Waals surface area contributed by atoms with Gasteiger partial charge in [0.2, 0.25) is 5.91 Å². The van der Waals surface area contributed by atoms with Crippen molar-refractivity contribution in [2.24, 2.45) is 5.73 Å². The highest BCUT2D eigenvalue weighted by molar-refractivity contribution is 5.95. The van der Waals surface area contributed by atoms with E-state index in [1.165, 1.54) is 0 Å². The minimum absolute atomic E-state index is 0.109. The molecule has 0 aliphatic heterocycles. The number of rotatable bonds is 5. The van der Waals surface area contributed by atoms with Crippen LogP contribution in [0.3, 0.4) is 0 Å². The third-order valence-corrected chi connectivity index (χ3v) is 3.47. The number of pyridine rings is 1. The van der Waals surface area contributed by atoms with E-state index in [1.54, 1.807) is 13.3 Å². The van der Waals surface area contributed by atoms with Crippen molar-refractivity contribution >= 4 is 5.91 Å². The first-order chi connectivity index (χ1) is 10.0. The van der Waals surface area contributed by atoms with Crippen LogP contribution in [0.1, 0.15) is 34.3 Å². The molecule has 0 unspecified atom stereocenters. The summed E-state index contributed by atoms with van der Waals surface area (Å²) in [5.74, 6) is -0.320. The maximum atomic E-state index is 11.7. The number of carbonyl (C=O) groups is 1. The van der Waals surface area contributed by atoms with Crippen molar-refractivity contribution < 1.29 is 9.53 Å². The Kier molecular flexibility index (Phi) is 4.70. The van der Waals surface area contributed by atoms with Crippen molar-refractivity contribution in [3.8, 4) is 11.3 Å². The van der Waals surface area contributed by atoms with Crippen LogP contribution in [0.5, 0.6) is 0 Å². The van der Waals surface area contributed by atoms with Gasteiger partial charge in [-0.1, -0.05) is 25.1 Å². The number of nitrogens with zero attached hydrogens (tertiary/aromatic N) is 1. The van der Waals surface area contributed by atoms with E-state index >= 15 is 0 Å². The standard InChI is InChI=1S/C17H20N2O2/c1-11-4-7-16(19-9-11)13-5-6-14(12(2)10-21-3)15(8-13)17(18)20/h4-9,12H,10H2,1-3H3,(H2,18,20)/t12-/m0/s1. The molecule has 0 saturated carbocycles. The van der Waals surface area contributed by atoms with Crippen LogP contribution in [0.25, 0.3) is 11.3 Å². The predicted octanol–water partition coefficient (Wildman–Crippen LogP) is 2.91. The Morgan fingerprint density at radius 1 is 1.33 bits per heavy atom. The maximum Gasteiger partial charge on any atom is 0.249 e. The van der Waals surface area contributed by atoms with E-state index in [-0.39, 0.29) is 5.92 Å². The molecular formula is C17H20N2O2. The molecule has 2 N–H and O–H groups in total. The molecule has 0 aliphatic carbocycles. The molecule has 0 fully saturated rings. The van der Waals surface area contributed by atoms with Crippen molar-refractivity contribution in [1.29, 1.82) is 0 Å². The van der Waals surface area contributed by atoms with Gasteiger partial charge < -0.3 is 10.5 Å². The van der Waals surface area contributed by atoms with Gasteiger partial charge in [-0.25, -0.2) is 0 Å². The SMILES string of the molecule is COC[C@H](C)c1ccc(-c2ccc(C)cn2)cc1C(N)=O. The van der Waals surface area contributed by atoms with Gasteiger partial charge in [0.05, 0.1) is 12.3 Å². The highest BCUT2D eigenvalue weighted by Crippen LogP contribution is 2.26. The number of hydrogen-bond acceptors (Lipinski definition) is 3. The van der Waals surface area contributed by atoms with Crippen LogP contribution in [0.2, 0.25) is 0 Å². The van der Waals surface area contributed by atoms with E-state index in [9.17, 15) is 4.79 Å². The average Bonchev–Trinajstić information content (AvgIpc) is 2.47. The molecule has 0 saturated heterocycles. The van der Waals surface area contributed by atoms with E-state index in [4.69, 9.17) is 10.5 Å². The fourth-order valence-electron chi connectivity index (χ4n) is 2.34. The lowest BCUT2D eigenvalue weighted by Gasteiger charge is -2.15. The minimum atomic E-state index is -0.429. The monoisotopic (exact) mass is 284 g/mol. The molecule has 0 spiro atoms. The lowest BCUT2D eigenvalue weighted by molar-refractivity contribution is 0.0998. The minimum Gasteiger partial charge on any atom is -0.384 e. The van der Waals surface area contributed by atoms with Gasteiger partial charge in [0, 0.05) is 30.4 Å². The van der Waals surface area contributed by atoms with Crippen LogP contribution < -0.4 is 5.73 Å². The number of primary amides is 1. The van der Waals surface area contributed by atoms with Gasteiger partial charge >= 0.3 is 0 Å². The molecule has 110 valence electrons. The first kappa shape index (κ1) is 15.2. The van der Waals surface area contributed by atoms with Gasteiger partial charge in [0.1, 0.15) is 0 Å². The summed E-state index contributed by atoms with van der Waals surface area (Å²) in [6.45, 7) is 4.54. The summed E-state index contributed by atoms with van der Waals surface area (Å²) in [5, 5.41) is 0. The largest absolute Gasteiger partial charge is 0.384 e. The van der Waals surface area contributed by atoms with E-state index in [0.29, 0.717) is 12.2 Å². The zero-order chi connectivity index (χ0) is 15.4. The molecular weight excluding hydrogens is 264 g/mol. The molecule has 1 atom stereocenters. The number of aromatic nitrogens is 1. The topological polar surface area (TPSA) is 65.2 Å². The third-order valence-electron chi connectivity index (χ3n) is 3.47. The van der Waals surface area contributed by atoms with E-state index in [0.717, 1.165) is 22.4 Å². The Bertz CT molecular complexity index is 636. The number of benzene rings is 1. The Labute approximate surface area is 125 Å². The summed E-state index contributed by atoms with van der Waals surface area (Å²) in [6, 6.07) is 9.63. The third kappa shape index (κ3) is 3.47. The molecule has 2 rings (SSSR count). The Morgan fingerprint density at radius 3 is 2.67 bits per heavy atom. The Hall–Kier alpha value is -2.20. The molecule has 4 nitrogen and oxygen atoms in total. The lowest BCUT2D eigenvalue weighted by Crippen LogP contribution is -2.16. The lowest BCUT2D eigenvalue weighted by atomic mass is 9.93. The normalized spacial score (nSPS) is 12.1. The van der Waals surface area contributed by atoms with Crippen molar-refractivity contribution in [2.45, 2.75) is 19.8 Å². The summed E-state index contributed by atoms with van der Waals surface area (Å²) < 4.78 is 5.16. The summed E-state index contributed by atoms with van der Waals surface area (Å²) in [7, 11) is 1.64. The number of aryl methyl sites for hydroxylation is 1. The molecule has 1 aromatic heterocycles. The van der Waals surface area contributed by atoms with Crippen LogP contribution >= 0.6 is 0 Å². The number of nitrogens with two attached hydrogens (primary N) is 1. The average molecular weight is 284 g/mol. The summed E-state index contributed by atoms with van der Waals surface area (Å²) in [4.78, 5) is 16.1. The molecule has 1 aromatic carbocycles. The van der Waals surface area contributed by atoms with Crippen molar-refractivity contribution in [1.82, 2.24) is 4.98 Å².